The number of ether oxygens (including phenoxy) is 2. The maximum atomic E-state index is 10.2. The van der Waals surface area contributed by atoms with Crippen molar-refractivity contribution in [3.05, 3.63) is 23.8 Å². The Kier molecular flexibility index (Phi) is 3.87. The summed E-state index contributed by atoms with van der Waals surface area (Å²) >= 11 is 0. The van der Waals surface area contributed by atoms with E-state index in [1.165, 1.54) is 19.3 Å². The summed E-state index contributed by atoms with van der Waals surface area (Å²) in [6.45, 7) is 2.92. The molecule has 19 heavy (non-hydrogen) atoms. The van der Waals surface area contributed by atoms with Crippen molar-refractivity contribution >= 4 is 0 Å². The minimum absolute atomic E-state index is 0.265. The van der Waals surface area contributed by atoms with Crippen LogP contribution in [0, 0.1) is 0 Å². The highest BCUT2D eigenvalue weighted by Gasteiger charge is 2.17. The molecule has 2 aliphatic rings. The molecule has 0 radical (unpaired) electrons. The van der Waals surface area contributed by atoms with Crippen molar-refractivity contribution < 1.29 is 14.6 Å². The fourth-order valence-electron chi connectivity index (χ4n) is 2.51. The first-order valence-corrected chi connectivity index (χ1v) is 6.89. The SMILES string of the molecule is OC(CNN1CCCCC1)c1ccc2c(c1)OCO2. The number of hydrazine groups is 1. The van der Waals surface area contributed by atoms with Crippen molar-refractivity contribution in [1.82, 2.24) is 10.4 Å². The van der Waals surface area contributed by atoms with Gasteiger partial charge in [-0.1, -0.05) is 12.5 Å². The third-order valence-electron chi connectivity index (χ3n) is 3.65. The molecule has 3 rings (SSSR count). The third kappa shape index (κ3) is 3.00. The molecule has 1 unspecified atom stereocenters. The molecule has 2 aliphatic heterocycles. The summed E-state index contributed by atoms with van der Waals surface area (Å²) < 4.78 is 10.6. The van der Waals surface area contributed by atoms with E-state index in [0.717, 1.165) is 30.2 Å². The Morgan fingerprint density at radius 3 is 2.79 bits per heavy atom. The summed E-state index contributed by atoms with van der Waals surface area (Å²) in [6, 6.07) is 5.59. The van der Waals surface area contributed by atoms with E-state index in [9.17, 15) is 5.11 Å². The Labute approximate surface area is 113 Å². The van der Waals surface area contributed by atoms with Crippen LogP contribution in [-0.2, 0) is 0 Å². The normalized spacial score (nSPS) is 20.5. The second-order valence-electron chi connectivity index (χ2n) is 5.04. The zero-order valence-electron chi connectivity index (χ0n) is 11.0. The minimum atomic E-state index is -0.531. The van der Waals surface area contributed by atoms with Crippen molar-refractivity contribution in [2.24, 2.45) is 0 Å². The first-order chi connectivity index (χ1) is 9.33. The largest absolute Gasteiger partial charge is 0.454 e. The molecule has 0 bridgehead atoms. The van der Waals surface area contributed by atoms with E-state index >= 15 is 0 Å². The van der Waals surface area contributed by atoms with Crippen LogP contribution < -0.4 is 14.9 Å². The van der Waals surface area contributed by atoms with Crippen LogP contribution in [0.2, 0.25) is 0 Å². The molecule has 104 valence electrons. The molecule has 5 heteroatoms. The lowest BCUT2D eigenvalue weighted by molar-refractivity contribution is 0.0995. The van der Waals surface area contributed by atoms with Gasteiger partial charge in [0.25, 0.3) is 0 Å². The monoisotopic (exact) mass is 264 g/mol. The molecular weight excluding hydrogens is 244 g/mol. The van der Waals surface area contributed by atoms with E-state index in [0.29, 0.717) is 6.54 Å². The van der Waals surface area contributed by atoms with Crippen molar-refractivity contribution in [1.29, 1.82) is 0 Å². The first-order valence-electron chi connectivity index (χ1n) is 6.89. The Bertz CT molecular complexity index is 433. The maximum absolute atomic E-state index is 10.2. The topological polar surface area (TPSA) is 54.0 Å². The average molecular weight is 264 g/mol. The van der Waals surface area contributed by atoms with E-state index in [2.05, 4.69) is 10.4 Å². The number of nitrogens with one attached hydrogen (secondary N) is 1. The molecule has 1 fully saturated rings. The van der Waals surface area contributed by atoms with Gasteiger partial charge in [-0.25, -0.2) is 5.01 Å². The highest BCUT2D eigenvalue weighted by atomic mass is 16.7. The van der Waals surface area contributed by atoms with Crippen LogP contribution in [0.25, 0.3) is 0 Å². The summed E-state index contributed by atoms with van der Waals surface area (Å²) in [4.78, 5) is 0. The molecule has 0 spiro atoms. The molecule has 0 aliphatic carbocycles. The Hall–Kier alpha value is -1.30. The summed E-state index contributed by atoms with van der Waals surface area (Å²) in [5, 5.41) is 12.4. The number of nitrogens with zero attached hydrogens (tertiary/aromatic N) is 1. The van der Waals surface area contributed by atoms with Crippen molar-refractivity contribution in [2.45, 2.75) is 25.4 Å². The van der Waals surface area contributed by atoms with Gasteiger partial charge in [-0.2, -0.15) is 0 Å². The highest BCUT2D eigenvalue weighted by Crippen LogP contribution is 2.34. The van der Waals surface area contributed by atoms with E-state index in [4.69, 9.17) is 9.47 Å². The number of hydrogen-bond acceptors (Lipinski definition) is 5. The van der Waals surface area contributed by atoms with Crippen molar-refractivity contribution in [2.75, 3.05) is 26.4 Å². The predicted molar refractivity (Wildman–Crippen MR) is 71.0 cm³/mol. The average Bonchev–Trinajstić information content (AvgIpc) is 2.93. The molecule has 0 aromatic heterocycles. The van der Waals surface area contributed by atoms with Gasteiger partial charge in [-0.3, -0.25) is 5.43 Å². The Balaban J connectivity index is 1.56. The van der Waals surface area contributed by atoms with Crippen LogP contribution in [0.15, 0.2) is 18.2 Å². The molecule has 0 amide bonds. The lowest BCUT2D eigenvalue weighted by Crippen LogP contribution is -2.43. The number of fused-ring (bicyclic) bond motifs is 1. The molecule has 5 nitrogen and oxygen atoms in total. The van der Waals surface area contributed by atoms with Gasteiger partial charge in [0.05, 0.1) is 6.10 Å². The fraction of sp³-hybridized carbons (Fsp3) is 0.571. The standard InChI is InChI=1S/C14H20N2O3/c17-12(9-15-16-6-2-1-3-7-16)11-4-5-13-14(8-11)19-10-18-13/h4-5,8,12,15,17H,1-3,6-7,9-10H2. The molecule has 2 heterocycles. The molecular formula is C14H20N2O3. The molecule has 1 atom stereocenters. The highest BCUT2D eigenvalue weighted by molar-refractivity contribution is 5.45. The number of benzene rings is 1. The summed E-state index contributed by atoms with van der Waals surface area (Å²) in [7, 11) is 0. The van der Waals surface area contributed by atoms with Crippen molar-refractivity contribution in [3.8, 4) is 11.5 Å². The van der Waals surface area contributed by atoms with Gasteiger partial charge in [0.1, 0.15) is 0 Å². The van der Waals surface area contributed by atoms with Gasteiger partial charge in [-0.05, 0) is 30.5 Å². The lowest BCUT2D eigenvalue weighted by atomic mass is 10.1. The third-order valence-corrected chi connectivity index (χ3v) is 3.65. The van der Waals surface area contributed by atoms with Gasteiger partial charge >= 0.3 is 0 Å². The minimum Gasteiger partial charge on any atom is -0.454 e. The van der Waals surface area contributed by atoms with Crippen LogP contribution in [0.1, 0.15) is 30.9 Å². The number of rotatable bonds is 4. The van der Waals surface area contributed by atoms with Gasteiger partial charge in [0.2, 0.25) is 6.79 Å². The second kappa shape index (κ2) is 5.77. The van der Waals surface area contributed by atoms with E-state index < -0.39 is 6.10 Å². The Morgan fingerprint density at radius 1 is 1.16 bits per heavy atom. The smallest absolute Gasteiger partial charge is 0.231 e. The van der Waals surface area contributed by atoms with Crippen LogP contribution in [0.3, 0.4) is 0 Å². The van der Waals surface area contributed by atoms with E-state index in [-0.39, 0.29) is 6.79 Å². The van der Waals surface area contributed by atoms with Crippen molar-refractivity contribution in [3.63, 3.8) is 0 Å². The Morgan fingerprint density at radius 2 is 1.95 bits per heavy atom. The molecule has 1 aromatic rings. The van der Waals surface area contributed by atoms with E-state index in [1.54, 1.807) is 0 Å². The zero-order chi connectivity index (χ0) is 13.1. The summed E-state index contributed by atoms with van der Waals surface area (Å²) in [5.41, 5.74) is 4.15. The number of piperidine rings is 1. The van der Waals surface area contributed by atoms with Crippen LogP contribution in [0.5, 0.6) is 11.5 Å². The zero-order valence-corrected chi connectivity index (χ0v) is 11.0. The lowest BCUT2D eigenvalue weighted by Gasteiger charge is -2.28. The summed E-state index contributed by atoms with van der Waals surface area (Å²) in [6.07, 6.45) is 3.24. The number of hydrogen-bond donors (Lipinski definition) is 2. The van der Waals surface area contributed by atoms with Crippen LogP contribution in [-0.4, -0.2) is 36.5 Å². The predicted octanol–water partition coefficient (Wildman–Crippen LogP) is 1.44. The molecule has 1 saturated heterocycles. The number of aliphatic hydroxyl groups excluding tert-OH is 1. The van der Waals surface area contributed by atoms with Crippen LogP contribution >= 0.6 is 0 Å². The molecule has 1 aromatic carbocycles. The van der Waals surface area contributed by atoms with Gasteiger partial charge in [0.15, 0.2) is 11.5 Å². The van der Waals surface area contributed by atoms with Gasteiger partial charge in [0, 0.05) is 19.6 Å². The van der Waals surface area contributed by atoms with Gasteiger partial charge in [-0.15, -0.1) is 0 Å². The fourth-order valence-corrected chi connectivity index (χ4v) is 2.51. The van der Waals surface area contributed by atoms with E-state index in [1.807, 2.05) is 18.2 Å². The summed E-state index contributed by atoms with van der Waals surface area (Å²) in [5.74, 6) is 1.47. The quantitative estimate of drug-likeness (QED) is 0.862. The first kappa shape index (κ1) is 12.7. The molecule has 0 saturated carbocycles. The maximum Gasteiger partial charge on any atom is 0.231 e. The van der Waals surface area contributed by atoms with Crippen LogP contribution in [0.4, 0.5) is 0 Å². The molecule has 2 N–H and O–H groups in total. The second-order valence-corrected chi connectivity index (χ2v) is 5.04. The number of aliphatic hydroxyl groups is 1. The van der Waals surface area contributed by atoms with Gasteiger partial charge < -0.3 is 14.6 Å².